The Balaban J connectivity index is 0.00000200. The molecule has 20 heavy (non-hydrogen) atoms. The van der Waals surface area contributed by atoms with Crippen LogP contribution in [0.2, 0.25) is 0 Å². The first kappa shape index (κ1) is 16.8. The third kappa shape index (κ3) is 4.12. The summed E-state index contributed by atoms with van der Waals surface area (Å²) >= 11 is 0. The second kappa shape index (κ2) is 6.96. The van der Waals surface area contributed by atoms with Crippen molar-refractivity contribution in [1.29, 1.82) is 0 Å². The zero-order valence-electron chi connectivity index (χ0n) is 10.7. The van der Waals surface area contributed by atoms with E-state index in [9.17, 15) is 18.5 Å². The molecule has 112 valence electrons. The van der Waals surface area contributed by atoms with E-state index in [-0.39, 0.29) is 34.8 Å². The molecule has 0 radical (unpaired) electrons. The fraction of sp³-hybridized carbons (Fsp3) is 0.545. The van der Waals surface area contributed by atoms with Crippen LogP contribution in [0.5, 0.6) is 0 Å². The number of sulfone groups is 1. The normalized spacial score (nSPS) is 19.1. The Bertz CT molecular complexity index is 556. The Morgan fingerprint density at radius 2 is 2.20 bits per heavy atom. The van der Waals surface area contributed by atoms with E-state index >= 15 is 0 Å². The summed E-state index contributed by atoms with van der Waals surface area (Å²) in [6.45, 7) is 1.61. The molecule has 1 saturated heterocycles. The summed E-state index contributed by atoms with van der Waals surface area (Å²) in [5.41, 5.74) is -0.210. The molecule has 0 aliphatic carbocycles. The minimum absolute atomic E-state index is 0. The van der Waals surface area contributed by atoms with Gasteiger partial charge in [0.15, 0.2) is 14.9 Å². The first-order valence-electron chi connectivity index (χ1n) is 6.03. The predicted octanol–water partition coefficient (Wildman–Crippen LogP) is 1.18. The minimum atomic E-state index is -3.48. The Morgan fingerprint density at radius 3 is 2.70 bits per heavy atom. The maximum absolute atomic E-state index is 12.1. The topological polar surface area (TPSA) is 102 Å². The van der Waals surface area contributed by atoms with Gasteiger partial charge in [-0.1, -0.05) is 0 Å². The summed E-state index contributed by atoms with van der Waals surface area (Å²) in [5, 5.41) is 13.6. The second-order valence-electron chi connectivity index (χ2n) is 4.61. The zero-order chi connectivity index (χ0) is 13.9. The number of hydrogen-bond donors (Lipinski definition) is 1. The van der Waals surface area contributed by atoms with Crippen molar-refractivity contribution >= 4 is 27.9 Å². The smallest absolute Gasteiger partial charge is 0.287 e. The summed E-state index contributed by atoms with van der Waals surface area (Å²) in [5.74, 6) is 0.112. The molecule has 1 atom stereocenters. The number of piperidine rings is 1. The molecule has 1 aromatic rings. The van der Waals surface area contributed by atoms with Gasteiger partial charge in [-0.3, -0.25) is 10.1 Å². The molecule has 7 nitrogen and oxygen atoms in total. The number of halogens is 1. The maximum atomic E-state index is 12.1. The van der Waals surface area contributed by atoms with Gasteiger partial charge >= 0.3 is 0 Å². The number of pyridine rings is 1. The van der Waals surface area contributed by atoms with Crippen molar-refractivity contribution in [2.45, 2.75) is 17.9 Å². The lowest BCUT2D eigenvalue weighted by Crippen LogP contribution is -2.33. The van der Waals surface area contributed by atoms with E-state index in [0.717, 1.165) is 25.6 Å². The number of nitrogens with one attached hydrogen (secondary N) is 1. The zero-order valence-corrected chi connectivity index (χ0v) is 12.3. The van der Waals surface area contributed by atoms with Gasteiger partial charge in [0.2, 0.25) is 0 Å². The molecular formula is C11H16ClN3O4S. The van der Waals surface area contributed by atoms with E-state index in [1.54, 1.807) is 0 Å². The van der Waals surface area contributed by atoms with Gasteiger partial charge in [0.05, 0.1) is 10.7 Å². The molecule has 1 N–H and O–H groups in total. The van der Waals surface area contributed by atoms with Crippen molar-refractivity contribution < 1.29 is 13.3 Å². The Morgan fingerprint density at radius 1 is 1.45 bits per heavy atom. The van der Waals surface area contributed by atoms with Gasteiger partial charge in [0.25, 0.3) is 5.69 Å². The minimum Gasteiger partial charge on any atom is -0.316 e. The molecule has 0 aromatic carbocycles. The highest BCUT2D eigenvalue weighted by Gasteiger charge is 2.24. The van der Waals surface area contributed by atoms with Gasteiger partial charge in [-0.05, 0) is 37.9 Å². The van der Waals surface area contributed by atoms with Crippen molar-refractivity contribution in [3.05, 3.63) is 28.4 Å². The largest absolute Gasteiger partial charge is 0.316 e. The van der Waals surface area contributed by atoms with Crippen molar-refractivity contribution in [1.82, 2.24) is 10.3 Å². The van der Waals surface area contributed by atoms with Crippen LogP contribution in [0.4, 0.5) is 5.69 Å². The molecule has 1 aromatic heterocycles. The summed E-state index contributed by atoms with van der Waals surface area (Å²) < 4.78 is 24.2. The van der Waals surface area contributed by atoms with Gasteiger partial charge < -0.3 is 5.32 Å². The molecule has 0 saturated carbocycles. The second-order valence-corrected chi connectivity index (χ2v) is 6.59. The monoisotopic (exact) mass is 321 g/mol. The lowest BCUT2D eigenvalue weighted by molar-refractivity contribution is -0.385. The fourth-order valence-corrected chi connectivity index (χ4v) is 3.69. The van der Waals surface area contributed by atoms with Gasteiger partial charge in [-0.2, -0.15) is 0 Å². The SMILES string of the molecule is Cl.O=[N+]([O-])c1ccc(S(=O)(=O)CC2CCCNC2)nc1. The summed E-state index contributed by atoms with van der Waals surface area (Å²) in [4.78, 5) is 13.6. The van der Waals surface area contributed by atoms with Gasteiger partial charge in [0.1, 0.15) is 6.20 Å². The Hall–Kier alpha value is -1.25. The third-order valence-electron chi connectivity index (χ3n) is 3.10. The predicted molar refractivity (Wildman–Crippen MR) is 75.8 cm³/mol. The highest BCUT2D eigenvalue weighted by atomic mass is 35.5. The van der Waals surface area contributed by atoms with Crippen molar-refractivity contribution in [2.75, 3.05) is 18.8 Å². The average Bonchev–Trinajstić information content (AvgIpc) is 2.39. The van der Waals surface area contributed by atoms with Crippen molar-refractivity contribution in [3.8, 4) is 0 Å². The quantitative estimate of drug-likeness (QED) is 0.660. The number of rotatable bonds is 4. The molecule has 1 aliphatic rings. The standard InChI is InChI=1S/C11H15N3O4S.ClH/c15-14(16)10-3-4-11(13-7-10)19(17,18)8-9-2-1-5-12-6-9;/h3-4,7,9,12H,1-2,5-6,8H2;1H. The molecule has 0 bridgehead atoms. The van der Waals surface area contributed by atoms with Crippen LogP contribution in [0.3, 0.4) is 0 Å². The van der Waals surface area contributed by atoms with E-state index in [1.807, 2.05) is 0 Å². The van der Waals surface area contributed by atoms with Crippen LogP contribution < -0.4 is 5.32 Å². The molecule has 9 heteroatoms. The van der Waals surface area contributed by atoms with Crippen molar-refractivity contribution in [2.24, 2.45) is 5.92 Å². The van der Waals surface area contributed by atoms with Gasteiger partial charge in [-0.15, -0.1) is 12.4 Å². The lowest BCUT2D eigenvalue weighted by Gasteiger charge is -2.22. The average molecular weight is 322 g/mol. The van der Waals surface area contributed by atoms with Crippen LogP contribution >= 0.6 is 12.4 Å². The first-order chi connectivity index (χ1) is 8.99. The van der Waals surface area contributed by atoms with E-state index in [1.165, 1.54) is 12.1 Å². The van der Waals surface area contributed by atoms with Crippen LogP contribution in [0, 0.1) is 16.0 Å². The molecule has 1 unspecified atom stereocenters. The van der Waals surface area contributed by atoms with Gasteiger partial charge in [-0.25, -0.2) is 13.4 Å². The molecule has 0 amide bonds. The molecule has 0 spiro atoms. The number of hydrogen-bond acceptors (Lipinski definition) is 6. The Labute approximate surface area is 123 Å². The maximum Gasteiger partial charge on any atom is 0.287 e. The third-order valence-corrected chi connectivity index (χ3v) is 4.89. The molecule has 1 fully saturated rings. The van der Waals surface area contributed by atoms with E-state index in [2.05, 4.69) is 10.3 Å². The molecule has 2 rings (SSSR count). The summed E-state index contributed by atoms with van der Waals surface area (Å²) in [6, 6.07) is 2.36. The highest BCUT2D eigenvalue weighted by molar-refractivity contribution is 7.91. The van der Waals surface area contributed by atoms with Crippen LogP contribution in [0.1, 0.15) is 12.8 Å². The number of aromatic nitrogens is 1. The van der Waals surface area contributed by atoms with Crippen LogP contribution in [-0.4, -0.2) is 37.2 Å². The van der Waals surface area contributed by atoms with E-state index < -0.39 is 14.8 Å². The first-order valence-corrected chi connectivity index (χ1v) is 7.68. The fourth-order valence-electron chi connectivity index (χ4n) is 2.13. The van der Waals surface area contributed by atoms with Gasteiger partial charge in [0, 0.05) is 6.07 Å². The van der Waals surface area contributed by atoms with Crippen molar-refractivity contribution in [3.63, 3.8) is 0 Å². The lowest BCUT2D eigenvalue weighted by atomic mass is 10.0. The molecular weight excluding hydrogens is 306 g/mol. The number of nitrogens with zero attached hydrogens (tertiary/aromatic N) is 2. The number of nitro groups is 1. The van der Waals surface area contributed by atoms with Crippen LogP contribution in [0.25, 0.3) is 0 Å². The van der Waals surface area contributed by atoms with E-state index in [0.29, 0.717) is 6.54 Å². The van der Waals surface area contributed by atoms with Crippen LogP contribution in [-0.2, 0) is 9.84 Å². The Kier molecular flexibility index (Phi) is 5.85. The van der Waals surface area contributed by atoms with Crippen LogP contribution in [0.15, 0.2) is 23.4 Å². The summed E-state index contributed by atoms with van der Waals surface area (Å²) in [6.07, 6.45) is 2.82. The molecule has 2 heterocycles. The summed E-state index contributed by atoms with van der Waals surface area (Å²) in [7, 11) is -3.48. The van der Waals surface area contributed by atoms with E-state index in [4.69, 9.17) is 0 Å². The molecule has 1 aliphatic heterocycles. The highest BCUT2D eigenvalue weighted by Crippen LogP contribution is 2.18.